The van der Waals surface area contributed by atoms with Crippen LogP contribution in [0.4, 0.5) is 5.69 Å². The Hall–Kier alpha value is -2.00. The van der Waals surface area contributed by atoms with Crippen LogP contribution in [0.3, 0.4) is 0 Å². The smallest absolute Gasteiger partial charge is 0.136 e. The van der Waals surface area contributed by atoms with Crippen molar-refractivity contribution in [3.05, 3.63) is 76.2 Å². The number of halogens is 1. The second kappa shape index (κ2) is 5.08. The van der Waals surface area contributed by atoms with E-state index in [1.54, 1.807) is 6.26 Å². The Kier molecular flexibility index (Phi) is 3.08. The summed E-state index contributed by atoms with van der Waals surface area (Å²) in [5.74, 6) is 0.916. The highest BCUT2D eigenvalue weighted by Gasteiger charge is 2.17. The van der Waals surface area contributed by atoms with Crippen molar-refractivity contribution >= 4 is 21.6 Å². The van der Waals surface area contributed by atoms with Crippen molar-refractivity contribution < 1.29 is 4.42 Å². The molecule has 1 aromatic heterocycles. The van der Waals surface area contributed by atoms with Crippen molar-refractivity contribution in [2.45, 2.75) is 13.0 Å². The van der Waals surface area contributed by atoms with E-state index in [0.29, 0.717) is 6.54 Å². The van der Waals surface area contributed by atoms with Gasteiger partial charge in [0, 0.05) is 5.69 Å². The van der Waals surface area contributed by atoms with Gasteiger partial charge in [0.2, 0.25) is 0 Å². The molecule has 0 saturated carbocycles. The van der Waals surface area contributed by atoms with Gasteiger partial charge in [-0.05, 0) is 62.8 Å². The van der Waals surface area contributed by atoms with Crippen LogP contribution in [0, 0.1) is 0 Å². The molecule has 0 spiro atoms. The molecule has 0 radical (unpaired) electrons. The van der Waals surface area contributed by atoms with E-state index in [1.165, 1.54) is 22.3 Å². The lowest BCUT2D eigenvalue weighted by molar-refractivity contribution is 0.516. The van der Waals surface area contributed by atoms with Gasteiger partial charge in [-0.3, -0.25) is 0 Å². The number of benzene rings is 2. The predicted molar refractivity (Wildman–Crippen MR) is 88.4 cm³/mol. The number of nitrogens with one attached hydrogen (secondary N) is 1. The zero-order valence-corrected chi connectivity index (χ0v) is 13.0. The van der Waals surface area contributed by atoms with Gasteiger partial charge in [-0.1, -0.05) is 30.3 Å². The molecule has 0 bridgehead atoms. The lowest BCUT2D eigenvalue weighted by Gasteiger charge is -2.08. The molecule has 0 unspecified atom stereocenters. The van der Waals surface area contributed by atoms with E-state index in [2.05, 4.69) is 63.7 Å². The molecule has 104 valence electrons. The zero-order chi connectivity index (χ0) is 14.2. The van der Waals surface area contributed by atoms with Crippen LogP contribution < -0.4 is 5.32 Å². The summed E-state index contributed by atoms with van der Waals surface area (Å²) in [6.07, 6.45) is 2.71. The van der Waals surface area contributed by atoms with Crippen LogP contribution in [-0.2, 0) is 13.0 Å². The number of fused-ring (bicyclic) bond motifs is 3. The third-order valence-corrected chi connectivity index (χ3v) is 4.64. The van der Waals surface area contributed by atoms with Crippen molar-refractivity contribution in [3.63, 3.8) is 0 Å². The van der Waals surface area contributed by atoms with E-state index < -0.39 is 0 Å². The second-order valence-corrected chi connectivity index (χ2v) is 6.11. The fraction of sp³-hybridized carbons (Fsp3) is 0.111. The summed E-state index contributed by atoms with van der Waals surface area (Å²) in [5.41, 5.74) is 6.66. The van der Waals surface area contributed by atoms with Gasteiger partial charge >= 0.3 is 0 Å². The van der Waals surface area contributed by atoms with E-state index in [0.717, 1.165) is 22.3 Å². The Balaban J connectivity index is 1.57. The fourth-order valence-electron chi connectivity index (χ4n) is 2.89. The first-order chi connectivity index (χ1) is 10.3. The SMILES string of the molecule is Brc1ccoc1CNc1ccc2c(c1)Cc1ccccc1-2. The Bertz CT molecular complexity index is 806. The first-order valence-electron chi connectivity index (χ1n) is 6.98. The molecular formula is C18H14BrNO. The highest BCUT2D eigenvalue weighted by molar-refractivity contribution is 9.10. The quantitative estimate of drug-likeness (QED) is 0.553. The molecule has 0 amide bonds. The first-order valence-corrected chi connectivity index (χ1v) is 7.77. The standard InChI is InChI=1S/C18H14BrNO/c19-17-7-8-21-18(17)11-20-14-5-6-16-13(10-14)9-12-3-1-2-4-15(12)16/h1-8,10,20H,9,11H2. The summed E-state index contributed by atoms with van der Waals surface area (Å²) in [4.78, 5) is 0. The van der Waals surface area contributed by atoms with Gasteiger partial charge in [-0.2, -0.15) is 0 Å². The molecule has 1 aliphatic carbocycles. The van der Waals surface area contributed by atoms with Crippen molar-refractivity contribution in [1.29, 1.82) is 0 Å². The van der Waals surface area contributed by atoms with Gasteiger partial charge in [0.15, 0.2) is 0 Å². The Morgan fingerprint density at radius 3 is 2.71 bits per heavy atom. The fourth-order valence-corrected chi connectivity index (χ4v) is 3.23. The van der Waals surface area contributed by atoms with Crippen molar-refractivity contribution in [2.75, 3.05) is 5.32 Å². The second-order valence-electron chi connectivity index (χ2n) is 5.25. The predicted octanol–water partition coefficient (Wildman–Crippen LogP) is 5.23. The van der Waals surface area contributed by atoms with Gasteiger partial charge in [0.1, 0.15) is 5.76 Å². The number of furan rings is 1. The number of rotatable bonds is 3. The molecule has 2 nitrogen and oxygen atoms in total. The lowest BCUT2D eigenvalue weighted by Crippen LogP contribution is -1.99. The summed E-state index contributed by atoms with van der Waals surface area (Å²) in [5, 5.41) is 3.42. The Morgan fingerprint density at radius 1 is 1.00 bits per heavy atom. The summed E-state index contributed by atoms with van der Waals surface area (Å²) < 4.78 is 6.42. The summed E-state index contributed by atoms with van der Waals surface area (Å²) >= 11 is 3.48. The summed E-state index contributed by atoms with van der Waals surface area (Å²) in [6.45, 7) is 0.680. The highest BCUT2D eigenvalue weighted by atomic mass is 79.9. The van der Waals surface area contributed by atoms with Crippen LogP contribution in [-0.4, -0.2) is 0 Å². The maximum Gasteiger partial charge on any atom is 0.136 e. The Morgan fingerprint density at radius 2 is 1.86 bits per heavy atom. The van der Waals surface area contributed by atoms with Gasteiger partial charge in [0.25, 0.3) is 0 Å². The van der Waals surface area contributed by atoms with Crippen LogP contribution in [0.15, 0.2) is 63.7 Å². The van der Waals surface area contributed by atoms with E-state index in [-0.39, 0.29) is 0 Å². The first kappa shape index (κ1) is 12.7. The van der Waals surface area contributed by atoms with E-state index >= 15 is 0 Å². The van der Waals surface area contributed by atoms with Crippen LogP contribution in [0.25, 0.3) is 11.1 Å². The molecule has 0 fully saturated rings. The normalized spacial score (nSPS) is 12.0. The van der Waals surface area contributed by atoms with Crippen LogP contribution in [0.5, 0.6) is 0 Å². The molecule has 1 N–H and O–H groups in total. The third-order valence-electron chi connectivity index (χ3n) is 3.94. The van der Waals surface area contributed by atoms with Crippen molar-refractivity contribution in [1.82, 2.24) is 0 Å². The van der Waals surface area contributed by atoms with Crippen molar-refractivity contribution in [3.8, 4) is 11.1 Å². The molecule has 1 heterocycles. The monoisotopic (exact) mass is 339 g/mol. The van der Waals surface area contributed by atoms with Gasteiger partial charge in [0.05, 0.1) is 17.3 Å². The third kappa shape index (κ3) is 2.28. The van der Waals surface area contributed by atoms with E-state index in [1.807, 2.05) is 6.07 Å². The maximum atomic E-state index is 5.42. The molecule has 0 aliphatic heterocycles. The molecule has 1 aliphatic rings. The summed E-state index contributed by atoms with van der Waals surface area (Å²) in [6, 6.07) is 17.1. The molecule has 4 rings (SSSR count). The zero-order valence-electron chi connectivity index (χ0n) is 11.4. The maximum absolute atomic E-state index is 5.42. The average molecular weight is 340 g/mol. The van der Waals surface area contributed by atoms with Crippen molar-refractivity contribution in [2.24, 2.45) is 0 Å². The van der Waals surface area contributed by atoms with Gasteiger partial charge in [-0.25, -0.2) is 0 Å². The topological polar surface area (TPSA) is 25.2 Å². The van der Waals surface area contributed by atoms with E-state index in [9.17, 15) is 0 Å². The minimum atomic E-state index is 0.680. The average Bonchev–Trinajstić information content (AvgIpc) is 3.07. The minimum Gasteiger partial charge on any atom is -0.466 e. The molecule has 0 saturated heterocycles. The van der Waals surface area contributed by atoms with Crippen LogP contribution >= 0.6 is 15.9 Å². The molecule has 21 heavy (non-hydrogen) atoms. The summed E-state index contributed by atoms with van der Waals surface area (Å²) in [7, 11) is 0. The molecule has 0 atom stereocenters. The number of hydrogen-bond acceptors (Lipinski definition) is 2. The van der Waals surface area contributed by atoms with Gasteiger partial charge < -0.3 is 9.73 Å². The highest BCUT2D eigenvalue weighted by Crippen LogP contribution is 2.37. The van der Waals surface area contributed by atoms with Crippen LogP contribution in [0.2, 0.25) is 0 Å². The lowest BCUT2D eigenvalue weighted by atomic mass is 10.1. The Labute approximate surface area is 131 Å². The minimum absolute atomic E-state index is 0.680. The molecule has 3 heteroatoms. The van der Waals surface area contributed by atoms with Crippen LogP contribution in [0.1, 0.15) is 16.9 Å². The largest absolute Gasteiger partial charge is 0.466 e. The molecule has 2 aromatic carbocycles. The van der Waals surface area contributed by atoms with E-state index in [4.69, 9.17) is 4.42 Å². The number of anilines is 1. The van der Waals surface area contributed by atoms with Gasteiger partial charge in [-0.15, -0.1) is 0 Å². The number of hydrogen-bond donors (Lipinski definition) is 1. The molecule has 3 aromatic rings. The molecular weight excluding hydrogens is 326 g/mol.